The second-order valence-electron chi connectivity index (χ2n) is 4.64. The third-order valence-electron chi connectivity index (χ3n) is 3.04. The van der Waals surface area contributed by atoms with E-state index in [0.717, 1.165) is 0 Å². The first kappa shape index (κ1) is 14.4. The van der Waals surface area contributed by atoms with Gasteiger partial charge in [0.2, 0.25) is 0 Å². The maximum Gasteiger partial charge on any atom is 0.291 e. The molecule has 0 radical (unpaired) electrons. The molecule has 1 N–H and O–H groups in total. The minimum atomic E-state index is -0.379. The predicted molar refractivity (Wildman–Crippen MR) is 83.5 cm³/mol. The molecule has 1 heterocycles. The number of benzene rings is 2. The van der Waals surface area contributed by atoms with E-state index in [1.807, 2.05) is 0 Å². The molecular weight excluding hydrogens is 305 g/mol. The van der Waals surface area contributed by atoms with Crippen LogP contribution in [0.25, 0.3) is 11.3 Å². The first-order valence-corrected chi connectivity index (χ1v) is 6.92. The Morgan fingerprint density at radius 2 is 1.82 bits per heavy atom. The van der Waals surface area contributed by atoms with E-state index < -0.39 is 0 Å². The summed E-state index contributed by atoms with van der Waals surface area (Å²) in [7, 11) is 0. The summed E-state index contributed by atoms with van der Waals surface area (Å²) in [6, 6.07) is 15.9. The normalized spacial score (nSPS) is 10.5. The van der Waals surface area contributed by atoms with Crippen LogP contribution in [0.5, 0.6) is 0 Å². The molecule has 0 aliphatic carbocycles. The molecule has 0 saturated carbocycles. The first-order chi connectivity index (χ1) is 10.6. The Morgan fingerprint density at radius 3 is 2.55 bits per heavy atom. The van der Waals surface area contributed by atoms with Crippen LogP contribution in [0.3, 0.4) is 0 Å². The molecule has 0 fully saturated rings. The molecule has 0 atom stereocenters. The lowest BCUT2D eigenvalue weighted by Crippen LogP contribution is -2.10. The number of rotatable bonds is 3. The topological polar surface area (TPSA) is 42.2 Å². The number of carbonyl (C=O) groups excluding carboxylic acids is 1. The van der Waals surface area contributed by atoms with Gasteiger partial charge in [-0.25, -0.2) is 4.39 Å². The van der Waals surface area contributed by atoms with Crippen LogP contribution in [-0.2, 0) is 0 Å². The Kier molecular flexibility index (Phi) is 3.94. The molecule has 0 aliphatic rings. The van der Waals surface area contributed by atoms with E-state index in [0.29, 0.717) is 22.0 Å². The van der Waals surface area contributed by atoms with Crippen molar-refractivity contribution >= 4 is 23.2 Å². The second-order valence-corrected chi connectivity index (χ2v) is 5.07. The van der Waals surface area contributed by atoms with Gasteiger partial charge in [-0.1, -0.05) is 17.7 Å². The van der Waals surface area contributed by atoms with Gasteiger partial charge in [0.1, 0.15) is 11.6 Å². The summed E-state index contributed by atoms with van der Waals surface area (Å²) in [6.45, 7) is 0. The number of amides is 1. The summed E-state index contributed by atoms with van der Waals surface area (Å²) in [5.41, 5.74) is 1.28. The van der Waals surface area contributed by atoms with Gasteiger partial charge in [-0.15, -0.1) is 0 Å². The minimum absolute atomic E-state index is 0.166. The predicted octanol–water partition coefficient (Wildman–Crippen LogP) is 4.99. The lowest BCUT2D eigenvalue weighted by molar-refractivity contribution is 0.0997. The van der Waals surface area contributed by atoms with Gasteiger partial charge in [0.05, 0.1) is 0 Å². The molecular formula is C17H11ClFNO2. The average Bonchev–Trinajstić information content (AvgIpc) is 2.98. The molecule has 0 spiro atoms. The number of hydrogen-bond donors (Lipinski definition) is 1. The van der Waals surface area contributed by atoms with Gasteiger partial charge in [0, 0.05) is 16.3 Å². The van der Waals surface area contributed by atoms with E-state index in [1.54, 1.807) is 48.5 Å². The van der Waals surface area contributed by atoms with Crippen molar-refractivity contribution in [2.75, 3.05) is 5.32 Å². The first-order valence-electron chi connectivity index (χ1n) is 6.54. The van der Waals surface area contributed by atoms with Crippen molar-refractivity contribution in [3.63, 3.8) is 0 Å². The number of anilines is 1. The van der Waals surface area contributed by atoms with Crippen LogP contribution in [0.4, 0.5) is 10.1 Å². The smallest absolute Gasteiger partial charge is 0.291 e. The van der Waals surface area contributed by atoms with Crippen LogP contribution in [0.15, 0.2) is 65.1 Å². The Morgan fingerprint density at radius 1 is 1.05 bits per heavy atom. The number of halogens is 2. The fourth-order valence-corrected chi connectivity index (χ4v) is 2.18. The lowest BCUT2D eigenvalue weighted by Gasteiger charge is -2.03. The summed E-state index contributed by atoms with van der Waals surface area (Å²) >= 11 is 5.87. The zero-order valence-corrected chi connectivity index (χ0v) is 12.1. The maximum absolute atomic E-state index is 12.9. The minimum Gasteiger partial charge on any atom is -0.451 e. The van der Waals surface area contributed by atoms with Crippen molar-refractivity contribution in [3.8, 4) is 11.3 Å². The number of hydrogen-bond acceptors (Lipinski definition) is 2. The molecule has 1 aromatic heterocycles. The number of nitrogens with one attached hydrogen (secondary N) is 1. The molecule has 110 valence electrons. The zero-order valence-electron chi connectivity index (χ0n) is 11.3. The monoisotopic (exact) mass is 315 g/mol. The van der Waals surface area contributed by atoms with Gasteiger partial charge >= 0.3 is 0 Å². The molecule has 0 aliphatic heterocycles. The SMILES string of the molecule is O=C(Nc1cccc(Cl)c1)c1ccc(-c2ccc(F)cc2)o1. The highest BCUT2D eigenvalue weighted by molar-refractivity contribution is 6.30. The second kappa shape index (κ2) is 6.03. The van der Waals surface area contributed by atoms with E-state index >= 15 is 0 Å². The van der Waals surface area contributed by atoms with Crippen molar-refractivity contribution in [1.29, 1.82) is 0 Å². The maximum atomic E-state index is 12.9. The van der Waals surface area contributed by atoms with Crippen molar-refractivity contribution in [2.24, 2.45) is 0 Å². The summed E-state index contributed by atoms with van der Waals surface area (Å²) in [6.07, 6.45) is 0. The summed E-state index contributed by atoms with van der Waals surface area (Å²) < 4.78 is 18.4. The van der Waals surface area contributed by atoms with Crippen LogP contribution >= 0.6 is 11.6 Å². The van der Waals surface area contributed by atoms with Crippen molar-refractivity contribution < 1.29 is 13.6 Å². The number of furan rings is 1. The molecule has 3 aromatic rings. The molecule has 5 heteroatoms. The molecule has 3 rings (SSSR count). The van der Waals surface area contributed by atoms with E-state index in [-0.39, 0.29) is 17.5 Å². The molecule has 1 amide bonds. The molecule has 0 saturated heterocycles. The summed E-state index contributed by atoms with van der Waals surface area (Å²) in [4.78, 5) is 12.1. The van der Waals surface area contributed by atoms with E-state index in [4.69, 9.17) is 16.0 Å². The van der Waals surface area contributed by atoms with Crippen LogP contribution in [-0.4, -0.2) is 5.91 Å². The summed E-state index contributed by atoms with van der Waals surface area (Å²) in [5, 5.41) is 3.23. The van der Waals surface area contributed by atoms with Gasteiger partial charge in [-0.2, -0.15) is 0 Å². The quantitative estimate of drug-likeness (QED) is 0.739. The lowest BCUT2D eigenvalue weighted by atomic mass is 10.2. The standard InChI is InChI=1S/C17H11ClFNO2/c18-12-2-1-3-14(10-12)20-17(21)16-9-8-15(22-16)11-4-6-13(19)7-5-11/h1-10H,(H,20,21). The molecule has 0 unspecified atom stereocenters. The Hall–Kier alpha value is -2.59. The van der Waals surface area contributed by atoms with Crippen LogP contribution < -0.4 is 5.32 Å². The van der Waals surface area contributed by atoms with Crippen LogP contribution in [0.1, 0.15) is 10.6 Å². The fourth-order valence-electron chi connectivity index (χ4n) is 1.99. The largest absolute Gasteiger partial charge is 0.451 e. The summed E-state index contributed by atoms with van der Waals surface area (Å²) in [5.74, 6) is -0.0413. The Bertz CT molecular complexity index is 812. The Labute approximate surface area is 131 Å². The fraction of sp³-hybridized carbons (Fsp3) is 0. The van der Waals surface area contributed by atoms with Gasteiger partial charge in [-0.3, -0.25) is 4.79 Å². The van der Waals surface area contributed by atoms with E-state index in [9.17, 15) is 9.18 Å². The number of carbonyl (C=O) groups is 1. The highest BCUT2D eigenvalue weighted by Crippen LogP contribution is 2.23. The zero-order chi connectivity index (χ0) is 15.5. The molecule has 3 nitrogen and oxygen atoms in total. The van der Waals surface area contributed by atoms with Crippen LogP contribution in [0, 0.1) is 5.82 Å². The third kappa shape index (κ3) is 3.18. The van der Waals surface area contributed by atoms with Gasteiger partial charge in [0.15, 0.2) is 5.76 Å². The van der Waals surface area contributed by atoms with E-state index in [1.165, 1.54) is 12.1 Å². The van der Waals surface area contributed by atoms with Crippen LogP contribution in [0.2, 0.25) is 5.02 Å². The molecule has 2 aromatic carbocycles. The average molecular weight is 316 g/mol. The van der Waals surface area contributed by atoms with Crippen molar-refractivity contribution in [1.82, 2.24) is 0 Å². The van der Waals surface area contributed by atoms with Gasteiger partial charge in [-0.05, 0) is 54.6 Å². The Balaban J connectivity index is 1.78. The van der Waals surface area contributed by atoms with Gasteiger partial charge < -0.3 is 9.73 Å². The molecule has 22 heavy (non-hydrogen) atoms. The molecule has 0 bridgehead atoms. The third-order valence-corrected chi connectivity index (χ3v) is 3.28. The van der Waals surface area contributed by atoms with Crippen molar-refractivity contribution in [3.05, 3.63) is 77.3 Å². The van der Waals surface area contributed by atoms with E-state index in [2.05, 4.69) is 5.32 Å². The van der Waals surface area contributed by atoms with Crippen molar-refractivity contribution in [2.45, 2.75) is 0 Å². The van der Waals surface area contributed by atoms with Gasteiger partial charge in [0.25, 0.3) is 5.91 Å². The highest BCUT2D eigenvalue weighted by atomic mass is 35.5. The highest BCUT2D eigenvalue weighted by Gasteiger charge is 2.12.